The van der Waals surface area contributed by atoms with E-state index in [0.29, 0.717) is 5.56 Å². The molecule has 0 spiro atoms. The van der Waals surface area contributed by atoms with Crippen LogP contribution in [0.15, 0.2) is 66.7 Å². The summed E-state index contributed by atoms with van der Waals surface area (Å²) >= 11 is 0. The summed E-state index contributed by atoms with van der Waals surface area (Å²) in [5.74, 6) is 0.854. The van der Waals surface area contributed by atoms with Crippen LogP contribution in [0.5, 0.6) is 5.75 Å². The zero-order valence-corrected chi connectivity index (χ0v) is 18.1. The highest BCUT2D eigenvalue weighted by molar-refractivity contribution is 5.85. The second-order valence-corrected chi connectivity index (χ2v) is 7.66. The Balaban J connectivity index is 0.00000272. The highest BCUT2D eigenvalue weighted by Crippen LogP contribution is 2.32. The Morgan fingerprint density at radius 3 is 2.45 bits per heavy atom. The van der Waals surface area contributed by atoms with E-state index < -0.39 is 11.7 Å². The molecule has 1 heterocycles. The molecule has 0 bridgehead atoms. The molecule has 0 amide bonds. The summed E-state index contributed by atoms with van der Waals surface area (Å²) < 4.78 is 44.2. The molecule has 0 atom stereocenters. The minimum Gasteiger partial charge on any atom is -0.497 e. The molecular weight excluding hydrogens is 423 g/mol. The predicted molar refractivity (Wildman–Crippen MR) is 122 cm³/mol. The third kappa shape index (κ3) is 5.60. The van der Waals surface area contributed by atoms with Crippen LogP contribution in [-0.4, -0.2) is 31.6 Å². The van der Waals surface area contributed by atoms with Crippen molar-refractivity contribution in [2.75, 3.05) is 26.7 Å². The number of halogens is 4. The third-order valence-electron chi connectivity index (χ3n) is 5.68. The minimum absolute atomic E-state index is 0. The lowest BCUT2D eigenvalue weighted by Crippen LogP contribution is -2.30. The molecule has 0 N–H and O–H groups in total. The summed E-state index contributed by atoms with van der Waals surface area (Å²) in [5, 5.41) is 2.35. The van der Waals surface area contributed by atoms with Crippen LogP contribution in [0.4, 0.5) is 13.2 Å². The first-order chi connectivity index (χ1) is 14.4. The van der Waals surface area contributed by atoms with Crippen LogP contribution >= 0.6 is 12.4 Å². The fourth-order valence-electron chi connectivity index (χ4n) is 3.91. The zero-order valence-electron chi connectivity index (χ0n) is 17.3. The molecule has 4 rings (SSSR count). The first-order valence-corrected chi connectivity index (χ1v) is 10.1. The van der Waals surface area contributed by atoms with Crippen molar-refractivity contribution in [3.63, 3.8) is 0 Å². The Bertz CT molecular complexity index is 1080. The molecule has 0 aromatic heterocycles. The molecule has 0 fully saturated rings. The Kier molecular flexibility index (Phi) is 7.29. The van der Waals surface area contributed by atoms with E-state index in [1.54, 1.807) is 13.2 Å². The number of hydrogen-bond donors (Lipinski definition) is 0. The van der Waals surface area contributed by atoms with Crippen molar-refractivity contribution in [1.82, 2.24) is 4.90 Å². The summed E-state index contributed by atoms with van der Waals surface area (Å²) in [6, 6.07) is 18.2. The van der Waals surface area contributed by atoms with Crippen LogP contribution in [0.2, 0.25) is 0 Å². The van der Waals surface area contributed by atoms with Crippen molar-refractivity contribution in [3.05, 3.63) is 83.4 Å². The van der Waals surface area contributed by atoms with Gasteiger partial charge in [0, 0.05) is 19.6 Å². The monoisotopic (exact) mass is 447 g/mol. The van der Waals surface area contributed by atoms with Crippen molar-refractivity contribution >= 4 is 28.8 Å². The lowest BCUT2D eigenvalue weighted by molar-refractivity contribution is -0.137. The van der Waals surface area contributed by atoms with Gasteiger partial charge in [-0.15, -0.1) is 12.4 Å². The molecule has 6 heteroatoms. The molecule has 0 saturated carbocycles. The van der Waals surface area contributed by atoms with Crippen molar-refractivity contribution in [2.24, 2.45) is 0 Å². The number of hydrogen-bond acceptors (Lipinski definition) is 2. The van der Waals surface area contributed by atoms with E-state index in [1.165, 1.54) is 23.1 Å². The van der Waals surface area contributed by atoms with Crippen molar-refractivity contribution in [3.8, 4) is 5.75 Å². The van der Waals surface area contributed by atoms with E-state index >= 15 is 0 Å². The summed E-state index contributed by atoms with van der Waals surface area (Å²) in [7, 11) is 1.67. The topological polar surface area (TPSA) is 12.5 Å². The van der Waals surface area contributed by atoms with E-state index in [2.05, 4.69) is 35.2 Å². The van der Waals surface area contributed by atoms with Crippen LogP contribution in [0, 0.1) is 0 Å². The van der Waals surface area contributed by atoms with E-state index in [9.17, 15) is 13.2 Å². The lowest BCUT2D eigenvalue weighted by Gasteiger charge is -2.26. The van der Waals surface area contributed by atoms with Gasteiger partial charge in [0.2, 0.25) is 0 Å². The Morgan fingerprint density at radius 2 is 1.74 bits per heavy atom. The molecule has 0 radical (unpaired) electrons. The first-order valence-electron chi connectivity index (χ1n) is 10.1. The molecule has 2 nitrogen and oxygen atoms in total. The van der Waals surface area contributed by atoms with E-state index in [1.807, 2.05) is 12.1 Å². The first kappa shape index (κ1) is 23.2. The standard InChI is InChI=1S/C25H24F3NO.ClH/c1-30-24-8-7-21-15-18(5-6-22(21)17-24)9-12-29-13-10-19(11-14-29)20-3-2-4-23(16-20)25(26,27)28;/h2-8,10,15-17H,9,11-14H2,1H3;1H. The highest BCUT2D eigenvalue weighted by atomic mass is 35.5. The number of benzene rings is 3. The predicted octanol–water partition coefficient (Wildman–Crippen LogP) is 6.62. The normalized spacial score (nSPS) is 14.8. The molecule has 0 aliphatic carbocycles. The fraction of sp³-hybridized carbons (Fsp3) is 0.280. The van der Waals surface area contributed by atoms with Crippen molar-refractivity contribution in [1.29, 1.82) is 0 Å². The SMILES string of the molecule is COc1ccc2cc(CCN3CC=C(c4cccc(C(F)(F)F)c4)CC3)ccc2c1.Cl. The van der Waals surface area contributed by atoms with Gasteiger partial charge in [-0.25, -0.2) is 0 Å². The smallest absolute Gasteiger partial charge is 0.416 e. The molecule has 164 valence electrons. The van der Waals surface area contributed by atoms with E-state index in [0.717, 1.165) is 55.3 Å². The average Bonchev–Trinajstić information content (AvgIpc) is 2.77. The Labute approximate surface area is 186 Å². The second-order valence-electron chi connectivity index (χ2n) is 7.66. The van der Waals surface area contributed by atoms with E-state index in [-0.39, 0.29) is 12.4 Å². The highest BCUT2D eigenvalue weighted by Gasteiger charge is 2.30. The fourth-order valence-corrected chi connectivity index (χ4v) is 3.91. The molecule has 31 heavy (non-hydrogen) atoms. The van der Waals surface area contributed by atoms with Gasteiger partial charge in [-0.05, 0) is 64.6 Å². The Morgan fingerprint density at radius 1 is 0.968 bits per heavy atom. The Hall–Kier alpha value is -2.50. The number of ether oxygens (including phenoxy) is 1. The maximum atomic E-state index is 13.0. The zero-order chi connectivity index (χ0) is 21.1. The maximum absolute atomic E-state index is 13.0. The quantitative estimate of drug-likeness (QED) is 0.435. The second kappa shape index (κ2) is 9.75. The van der Waals surface area contributed by atoms with Gasteiger partial charge in [0.05, 0.1) is 12.7 Å². The van der Waals surface area contributed by atoms with Gasteiger partial charge >= 0.3 is 6.18 Å². The maximum Gasteiger partial charge on any atom is 0.416 e. The van der Waals surface area contributed by atoms with Gasteiger partial charge in [-0.3, -0.25) is 4.90 Å². The molecule has 0 saturated heterocycles. The van der Waals surface area contributed by atoms with Gasteiger partial charge in [-0.2, -0.15) is 13.2 Å². The van der Waals surface area contributed by atoms with Gasteiger partial charge < -0.3 is 4.74 Å². The molecule has 1 aliphatic heterocycles. The minimum atomic E-state index is -4.30. The van der Waals surface area contributed by atoms with Gasteiger partial charge in [0.25, 0.3) is 0 Å². The lowest BCUT2D eigenvalue weighted by atomic mass is 9.97. The number of rotatable bonds is 5. The largest absolute Gasteiger partial charge is 0.497 e. The molecule has 0 unspecified atom stereocenters. The average molecular weight is 448 g/mol. The number of alkyl halides is 3. The number of methoxy groups -OCH3 is 1. The number of fused-ring (bicyclic) bond motifs is 1. The van der Waals surface area contributed by atoms with Crippen molar-refractivity contribution < 1.29 is 17.9 Å². The van der Waals surface area contributed by atoms with Gasteiger partial charge in [-0.1, -0.05) is 42.5 Å². The molecule has 3 aromatic rings. The van der Waals surface area contributed by atoms with Crippen LogP contribution in [0.1, 0.15) is 23.1 Å². The summed E-state index contributed by atoms with van der Waals surface area (Å²) in [6.45, 7) is 2.54. The van der Waals surface area contributed by atoms with Gasteiger partial charge in [0.1, 0.15) is 5.75 Å². The third-order valence-corrected chi connectivity index (χ3v) is 5.68. The van der Waals surface area contributed by atoms with Crippen LogP contribution < -0.4 is 4.74 Å². The summed E-state index contributed by atoms with van der Waals surface area (Å²) in [6.07, 6.45) is -0.540. The van der Waals surface area contributed by atoms with Gasteiger partial charge in [0.15, 0.2) is 0 Å². The van der Waals surface area contributed by atoms with Crippen LogP contribution in [-0.2, 0) is 12.6 Å². The summed E-state index contributed by atoms with van der Waals surface area (Å²) in [5.41, 5.74) is 2.36. The number of nitrogens with zero attached hydrogens (tertiary/aromatic N) is 1. The molecular formula is C25H25ClF3NO. The van der Waals surface area contributed by atoms with Crippen LogP contribution in [0.3, 0.4) is 0 Å². The van der Waals surface area contributed by atoms with Crippen LogP contribution in [0.25, 0.3) is 16.3 Å². The molecule has 1 aliphatic rings. The van der Waals surface area contributed by atoms with Crippen molar-refractivity contribution in [2.45, 2.75) is 19.0 Å². The summed E-state index contributed by atoms with van der Waals surface area (Å²) in [4.78, 5) is 2.34. The molecule has 3 aromatic carbocycles. The van der Waals surface area contributed by atoms with E-state index in [4.69, 9.17) is 4.74 Å².